The van der Waals surface area contributed by atoms with Crippen molar-refractivity contribution in [2.45, 2.75) is 58.3 Å². The van der Waals surface area contributed by atoms with Gasteiger partial charge in [-0.2, -0.15) is 0 Å². The van der Waals surface area contributed by atoms with Gasteiger partial charge in [-0.05, 0) is 50.7 Å². The molecule has 0 saturated carbocycles. The van der Waals surface area contributed by atoms with Gasteiger partial charge in [-0.1, -0.05) is 67.9 Å². The lowest BCUT2D eigenvalue weighted by atomic mass is 10.0. The molecule has 0 aliphatic carbocycles. The van der Waals surface area contributed by atoms with Crippen LogP contribution in [0, 0.1) is 0 Å². The molecule has 2 nitrogen and oxygen atoms in total. The van der Waals surface area contributed by atoms with E-state index in [0.717, 1.165) is 31.2 Å². The van der Waals surface area contributed by atoms with E-state index in [-0.39, 0.29) is 11.5 Å². The van der Waals surface area contributed by atoms with Gasteiger partial charge in [-0.3, -0.25) is 0 Å². The maximum Gasteiger partial charge on any atom is 0.160 e. The summed E-state index contributed by atoms with van der Waals surface area (Å²) in [5, 5.41) is 19.2. The molecule has 0 radical (unpaired) electrons. The van der Waals surface area contributed by atoms with Crippen LogP contribution in [0.3, 0.4) is 0 Å². The van der Waals surface area contributed by atoms with Crippen molar-refractivity contribution in [2.24, 2.45) is 0 Å². The molecule has 0 unspecified atom stereocenters. The first-order chi connectivity index (χ1) is 11.3. The first-order valence-corrected chi connectivity index (χ1v) is 8.68. The van der Waals surface area contributed by atoms with Crippen LogP contribution in [0.15, 0.2) is 54.7 Å². The zero-order valence-corrected chi connectivity index (χ0v) is 14.2. The molecule has 23 heavy (non-hydrogen) atoms. The number of para-hydroxylation sites is 1. The lowest BCUT2D eigenvalue weighted by Gasteiger charge is -2.05. The number of hydrogen-bond donors (Lipinski definition) is 2. The van der Waals surface area contributed by atoms with Gasteiger partial charge in [0.25, 0.3) is 0 Å². The van der Waals surface area contributed by atoms with Crippen molar-refractivity contribution in [3.05, 3.63) is 60.2 Å². The average Bonchev–Trinajstić information content (AvgIpc) is 2.55. The van der Waals surface area contributed by atoms with Crippen molar-refractivity contribution in [3.63, 3.8) is 0 Å². The minimum absolute atomic E-state index is 0.0187. The second-order valence-corrected chi connectivity index (χ2v) is 5.75. The third-order valence-electron chi connectivity index (χ3n) is 3.79. The van der Waals surface area contributed by atoms with Crippen LogP contribution in [-0.2, 0) is 6.42 Å². The van der Waals surface area contributed by atoms with E-state index in [1.165, 1.54) is 31.7 Å². The van der Waals surface area contributed by atoms with E-state index in [0.29, 0.717) is 0 Å². The van der Waals surface area contributed by atoms with E-state index in [1.807, 2.05) is 25.1 Å². The maximum atomic E-state index is 9.72. The van der Waals surface area contributed by atoms with E-state index >= 15 is 0 Å². The van der Waals surface area contributed by atoms with E-state index in [4.69, 9.17) is 0 Å². The summed E-state index contributed by atoms with van der Waals surface area (Å²) in [7, 11) is 0. The van der Waals surface area contributed by atoms with Gasteiger partial charge in [-0.25, -0.2) is 0 Å². The number of allylic oxidation sites excluding steroid dienone is 6. The third-order valence-corrected chi connectivity index (χ3v) is 3.79. The van der Waals surface area contributed by atoms with Gasteiger partial charge in [0.15, 0.2) is 11.5 Å². The fourth-order valence-electron chi connectivity index (χ4n) is 2.45. The van der Waals surface area contributed by atoms with E-state index in [2.05, 4.69) is 24.3 Å². The molecule has 0 aromatic heterocycles. The van der Waals surface area contributed by atoms with Gasteiger partial charge in [0.2, 0.25) is 0 Å². The standard InChI is InChI=1S/C21H30O2/c1-2-3-4-5-6-7-8-9-10-11-12-13-14-16-19-17-15-18-20(22)21(19)23/h2-5,7-8,15,17-18,22-23H,6,9-14,16H2,1H3. The third kappa shape index (κ3) is 8.92. The zero-order chi connectivity index (χ0) is 16.8. The highest BCUT2D eigenvalue weighted by atomic mass is 16.3. The van der Waals surface area contributed by atoms with Crippen LogP contribution in [0.25, 0.3) is 0 Å². The summed E-state index contributed by atoms with van der Waals surface area (Å²) in [6.45, 7) is 2.02. The molecule has 0 spiro atoms. The smallest absolute Gasteiger partial charge is 0.160 e. The molecule has 1 aromatic rings. The van der Waals surface area contributed by atoms with E-state index in [9.17, 15) is 10.2 Å². The molecule has 0 fully saturated rings. The number of hydrogen-bond acceptors (Lipinski definition) is 2. The molecule has 0 bridgehead atoms. The van der Waals surface area contributed by atoms with Gasteiger partial charge >= 0.3 is 0 Å². The molecule has 1 aromatic carbocycles. The van der Waals surface area contributed by atoms with Crippen molar-refractivity contribution >= 4 is 0 Å². The van der Waals surface area contributed by atoms with Crippen LogP contribution in [0.2, 0.25) is 0 Å². The molecule has 0 amide bonds. The summed E-state index contributed by atoms with van der Waals surface area (Å²) < 4.78 is 0. The first-order valence-electron chi connectivity index (χ1n) is 8.68. The molecule has 0 aliphatic rings. The Morgan fingerprint density at radius 3 is 2.48 bits per heavy atom. The summed E-state index contributed by atoms with van der Waals surface area (Å²) in [6.07, 6.45) is 21.8. The highest BCUT2D eigenvalue weighted by Crippen LogP contribution is 2.29. The van der Waals surface area contributed by atoms with Crippen LogP contribution in [0.5, 0.6) is 11.5 Å². The fraction of sp³-hybridized carbons (Fsp3) is 0.429. The molecular weight excluding hydrogens is 284 g/mol. The predicted molar refractivity (Wildman–Crippen MR) is 98.9 cm³/mol. The Hall–Kier alpha value is -1.96. The van der Waals surface area contributed by atoms with Crippen molar-refractivity contribution in [2.75, 3.05) is 0 Å². The van der Waals surface area contributed by atoms with Gasteiger partial charge in [0.1, 0.15) is 0 Å². The topological polar surface area (TPSA) is 40.5 Å². The highest BCUT2D eigenvalue weighted by Gasteiger charge is 2.04. The number of benzene rings is 1. The molecule has 2 heteroatoms. The molecule has 0 aliphatic heterocycles. The Kier molecular flexibility index (Phi) is 10.4. The predicted octanol–water partition coefficient (Wildman–Crippen LogP) is 6.06. The number of rotatable bonds is 11. The minimum atomic E-state index is -0.0187. The van der Waals surface area contributed by atoms with Gasteiger partial charge in [0, 0.05) is 0 Å². The second kappa shape index (κ2) is 12.6. The maximum absolute atomic E-state index is 9.72. The summed E-state index contributed by atoms with van der Waals surface area (Å²) in [4.78, 5) is 0. The number of phenolic OH excluding ortho intramolecular Hbond substituents is 2. The number of unbranched alkanes of at least 4 members (excludes halogenated alkanes) is 5. The Morgan fingerprint density at radius 1 is 0.870 bits per heavy atom. The van der Waals surface area contributed by atoms with Crippen molar-refractivity contribution in [3.8, 4) is 11.5 Å². The second-order valence-electron chi connectivity index (χ2n) is 5.75. The van der Waals surface area contributed by atoms with Crippen LogP contribution in [-0.4, -0.2) is 10.2 Å². The number of aryl methyl sites for hydroxylation is 1. The molecule has 2 N–H and O–H groups in total. The summed E-state index contributed by atoms with van der Waals surface area (Å²) in [5.74, 6) is 0.0240. The molecular formula is C21H30O2. The number of aromatic hydroxyl groups is 2. The molecule has 1 rings (SSSR count). The summed E-state index contributed by atoms with van der Waals surface area (Å²) >= 11 is 0. The monoisotopic (exact) mass is 314 g/mol. The summed E-state index contributed by atoms with van der Waals surface area (Å²) in [6, 6.07) is 5.18. The Balaban J connectivity index is 1.99. The van der Waals surface area contributed by atoms with Crippen molar-refractivity contribution in [1.29, 1.82) is 0 Å². The zero-order valence-electron chi connectivity index (χ0n) is 14.2. The van der Waals surface area contributed by atoms with Crippen LogP contribution >= 0.6 is 0 Å². The number of phenols is 2. The Morgan fingerprint density at radius 2 is 1.65 bits per heavy atom. The van der Waals surface area contributed by atoms with Crippen LogP contribution in [0.1, 0.15) is 57.4 Å². The Labute approximate surface area is 140 Å². The molecule has 0 saturated heterocycles. The highest BCUT2D eigenvalue weighted by molar-refractivity contribution is 5.44. The Bertz CT molecular complexity index is 513. The first kappa shape index (κ1) is 19.1. The lowest BCUT2D eigenvalue weighted by Crippen LogP contribution is -1.87. The summed E-state index contributed by atoms with van der Waals surface area (Å²) in [5.41, 5.74) is 0.846. The SMILES string of the molecule is CC=CC=CCC=CCCCCCCCc1cccc(O)c1O. The van der Waals surface area contributed by atoms with E-state index < -0.39 is 0 Å². The molecule has 0 atom stereocenters. The van der Waals surface area contributed by atoms with Gasteiger partial charge in [-0.15, -0.1) is 0 Å². The normalized spacial score (nSPS) is 12.0. The van der Waals surface area contributed by atoms with E-state index in [1.54, 1.807) is 6.07 Å². The quantitative estimate of drug-likeness (QED) is 0.225. The van der Waals surface area contributed by atoms with Crippen molar-refractivity contribution in [1.82, 2.24) is 0 Å². The van der Waals surface area contributed by atoms with Crippen LogP contribution in [0.4, 0.5) is 0 Å². The van der Waals surface area contributed by atoms with Crippen molar-refractivity contribution < 1.29 is 10.2 Å². The molecule has 126 valence electrons. The largest absolute Gasteiger partial charge is 0.504 e. The van der Waals surface area contributed by atoms with Gasteiger partial charge in [0.05, 0.1) is 0 Å². The van der Waals surface area contributed by atoms with Crippen LogP contribution < -0.4 is 0 Å². The fourth-order valence-corrected chi connectivity index (χ4v) is 2.45. The van der Waals surface area contributed by atoms with Gasteiger partial charge < -0.3 is 10.2 Å². The average molecular weight is 314 g/mol. The minimum Gasteiger partial charge on any atom is -0.504 e. The lowest BCUT2D eigenvalue weighted by molar-refractivity contribution is 0.398. The molecule has 0 heterocycles.